The van der Waals surface area contributed by atoms with Gasteiger partial charge in [0.2, 0.25) is 10.0 Å². The molecule has 1 aromatic heterocycles. The summed E-state index contributed by atoms with van der Waals surface area (Å²) in [6.45, 7) is 6.62. The van der Waals surface area contributed by atoms with Gasteiger partial charge in [-0.1, -0.05) is 19.9 Å². The Bertz CT molecular complexity index is 528. The van der Waals surface area contributed by atoms with E-state index in [-0.39, 0.29) is 16.9 Å². The number of thiophene rings is 1. The molecular formula is C13H22N2O4S2. The monoisotopic (exact) mass is 334 g/mol. The summed E-state index contributed by atoms with van der Waals surface area (Å²) >= 11 is 1.15. The largest absolute Gasteiger partial charge is 0.389 e. The number of nitrogens with one attached hydrogen (secondary N) is 1. The number of hydrogen-bond acceptors (Lipinski definition) is 6. The van der Waals surface area contributed by atoms with Gasteiger partial charge >= 0.3 is 0 Å². The average molecular weight is 334 g/mol. The van der Waals surface area contributed by atoms with E-state index in [0.29, 0.717) is 6.54 Å². The van der Waals surface area contributed by atoms with E-state index in [1.807, 2.05) is 13.8 Å². The summed E-state index contributed by atoms with van der Waals surface area (Å²) in [6, 6.07) is 2.63. The molecule has 2 rings (SSSR count). The summed E-state index contributed by atoms with van der Waals surface area (Å²) in [4.78, 5) is 2.14. The van der Waals surface area contributed by atoms with Crippen LogP contribution in [0.5, 0.6) is 0 Å². The van der Waals surface area contributed by atoms with E-state index in [1.165, 1.54) is 0 Å². The number of ether oxygens (including phenoxy) is 1. The highest BCUT2D eigenvalue weighted by Crippen LogP contribution is 2.20. The Labute approximate surface area is 129 Å². The van der Waals surface area contributed by atoms with Gasteiger partial charge in [-0.05, 0) is 24.5 Å². The molecule has 0 unspecified atom stereocenters. The highest BCUT2D eigenvalue weighted by Gasteiger charge is 2.39. The van der Waals surface area contributed by atoms with E-state index in [2.05, 4.69) is 9.62 Å². The van der Waals surface area contributed by atoms with Crippen LogP contribution in [0.1, 0.15) is 13.8 Å². The van der Waals surface area contributed by atoms with Crippen molar-refractivity contribution >= 4 is 21.4 Å². The number of nitrogens with zero attached hydrogens (tertiary/aromatic N) is 1. The lowest BCUT2D eigenvalue weighted by Gasteiger charge is -2.24. The van der Waals surface area contributed by atoms with Crippen LogP contribution in [0.2, 0.25) is 0 Å². The van der Waals surface area contributed by atoms with Crippen LogP contribution in [-0.2, 0) is 14.8 Å². The van der Waals surface area contributed by atoms with Crippen molar-refractivity contribution in [3.63, 3.8) is 0 Å². The Morgan fingerprint density at radius 1 is 1.48 bits per heavy atom. The van der Waals surface area contributed by atoms with Crippen LogP contribution >= 0.6 is 11.3 Å². The minimum Gasteiger partial charge on any atom is -0.389 e. The standard InChI is InChI=1S/C13H22N2O4S2/c1-3-15(4-2)8-11-13(16)10(9-19-11)14-21(17,18)12-6-5-7-20-12/h5-7,10-11,13-14,16H,3-4,8-9H2,1-2H3/t10-,11+,13-/m1/s1. The van der Waals surface area contributed by atoms with E-state index in [4.69, 9.17) is 4.74 Å². The van der Waals surface area contributed by atoms with Crippen LogP contribution in [0, 0.1) is 0 Å². The third kappa shape index (κ3) is 4.02. The van der Waals surface area contributed by atoms with Gasteiger partial charge in [-0.15, -0.1) is 11.3 Å². The van der Waals surface area contributed by atoms with E-state index >= 15 is 0 Å². The maximum absolute atomic E-state index is 12.2. The lowest BCUT2D eigenvalue weighted by atomic mass is 10.1. The molecular weight excluding hydrogens is 312 g/mol. The summed E-state index contributed by atoms with van der Waals surface area (Å²) in [5.74, 6) is 0. The molecule has 0 amide bonds. The molecule has 0 bridgehead atoms. The second-order valence-electron chi connectivity index (χ2n) is 5.01. The number of aliphatic hydroxyl groups is 1. The molecule has 1 aliphatic heterocycles. The van der Waals surface area contributed by atoms with E-state index in [9.17, 15) is 13.5 Å². The van der Waals surface area contributed by atoms with Crippen molar-refractivity contribution in [1.29, 1.82) is 0 Å². The topological polar surface area (TPSA) is 78.9 Å². The Morgan fingerprint density at radius 2 is 2.19 bits per heavy atom. The molecule has 0 saturated carbocycles. The van der Waals surface area contributed by atoms with Crippen LogP contribution in [0.25, 0.3) is 0 Å². The maximum atomic E-state index is 12.2. The molecule has 0 radical (unpaired) electrons. The van der Waals surface area contributed by atoms with Crippen molar-refractivity contribution in [2.75, 3.05) is 26.2 Å². The van der Waals surface area contributed by atoms with Gasteiger partial charge in [-0.2, -0.15) is 0 Å². The molecule has 2 heterocycles. The predicted octanol–water partition coefficient (Wildman–Crippen LogP) is 0.496. The van der Waals surface area contributed by atoms with Gasteiger partial charge in [0.15, 0.2) is 0 Å². The van der Waals surface area contributed by atoms with E-state index in [0.717, 1.165) is 24.4 Å². The molecule has 120 valence electrons. The summed E-state index contributed by atoms with van der Waals surface area (Å²) < 4.78 is 32.7. The van der Waals surface area contributed by atoms with Gasteiger partial charge < -0.3 is 14.7 Å². The van der Waals surface area contributed by atoms with Crippen LogP contribution in [0.4, 0.5) is 0 Å². The molecule has 0 aromatic carbocycles. The number of sulfonamides is 1. The third-order valence-electron chi connectivity index (χ3n) is 3.68. The average Bonchev–Trinajstić information content (AvgIpc) is 3.09. The fourth-order valence-electron chi connectivity index (χ4n) is 2.36. The zero-order chi connectivity index (χ0) is 15.5. The zero-order valence-electron chi connectivity index (χ0n) is 12.2. The number of aliphatic hydroxyl groups excluding tert-OH is 1. The fraction of sp³-hybridized carbons (Fsp3) is 0.692. The quantitative estimate of drug-likeness (QED) is 0.759. The molecule has 0 aliphatic carbocycles. The van der Waals surface area contributed by atoms with Crippen molar-refractivity contribution in [3.05, 3.63) is 17.5 Å². The third-order valence-corrected chi connectivity index (χ3v) is 6.57. The van der Waals surface area contributed by atoms with E-state index in [1.54, 1.807) is 17.5 Å². The zero-order valence-corrected chi connectivity index (χ0v) is 13.9. The summed E-state index contributed by atoms with van der Waals surface area (Å²) in [7, 11) is -3.58. The van der Waals surface area contributed by atoms with Crippen molar-refractivity contribution in [2.24, 2.45) is 0 Å². The van der Waals surface area contributed by atoms with Crippen LogP contribution < -0.4 is 4.72 Å². The Balaban J connectivity index is 1.97. The fourth-order valence-corrected chi connectivity index (χ4v) is 4.60. The molecule has 21 heavy (non-hydrogen) atoms. The van der Waals surface area contributed by atoms with Gasteiger partial charge in [-0.3, -0.25) is 0 Å². The second kappa shape index (κ2) is 7.17. The Hall–Kier alpha value is -0.510. The van der Waals surface area contributed by atoms with Crippen molar-refractivity contribution in [1.82, 2.24) is 9.62 Å². The SMILES string of the molecule is CCN(CC)C[C@@H]1OC[C@@H](NS(=O)(=O)c2cccs2)[C@H]1O. The van der Waals surface area contributed by atoms with Crippen molar-refractivity contribution in [3.8, 4) is 0 Å². The van der Waals surface area contributed by atoms with Gasteiger partial charge in [0, 0.05) is 6.54 Å². The van der Waals surface area contributed by atoms with Crippen molar-refractivity contribution in [2.45, 2.75) is 36.3 Å². The molecule has 6 nitrogen and oxygen atoms in total. The highest BCUT2D eigenvalue weighted by molar-refractivity contribution is 7.91. The molecule has 0 spiro atoms. The molecule has 1 aliphatic rings. The van der Waals surface area contributed by atoms with Crippen LogP contribution in [0.3, 0.4) is 0 Å². The first-order valence-electron chi connectivity index (χ1n) is 7.05. The molecule has 1 aromatic rings. The molecule has 8 heteroatoms. The molecule has 3 atom stereocenters. The normalized spacial score (nSPS) is 26.6. The van der Waals surface area contributed by atoms with Gasteiger partial charge in [-0.25, -0.2) is 13.1 Å². The Kier molecular flexibility index (Phi) is 5.75. The second-order valence-corrected chi connectivity index (χ2v) is 7.90. The summed E-state index contributed by atoms with van der Waals surface area (Å²) in [5.41, 5.74) is 0. The summed E-state index contributed by atoms with van der Waals surface area (Å²) in [6.07, 6.45) is -1.19. The minimum absolute atomic E-state index is 0.192. The molecule has 1 fully saturated rings. The summed E-state index contributed by atoms with van der Waals surface area (Å²) in [5, 5.41) is 12.0. The maximum Gasteiger partial charge on any atom is 0.250 e. The smallest absolute Gasteiger partial charge is 0.250 e. The first kappa shape index (κ1) is 16.9. The first-order valence-corrected chi connectivity index (χ1v) is 9.42. The van der Waals surface area contributed by atoms with Crippen LogP contribution in [-0.4, -0.2) is 62.9 Å². The molecule has 2 N–H and O–H groups in total. The van der Waals surface area contributed by atoms with Crippen molar-refractivity contribution < 1.29 is 18.3 Å². The highest BCUT2D eigenvalue weighted by atomic mass is 32.2. The predicted molar refractivity (Wildman–Crippen MR) is 82.0 cm³/mol. The number of rotatable bonds is 7. The lowest BCUT2D eigenvalue weighted by Crippen LogP contribution is -2.46. The first-order chi connectivity index (χ1) is 9.97. The molecule has 1 saturated heterocycles. The van der Waals surface area contributed by atoms with Crippen LogP contribution in [0.15, 0.2) is 21.7 Å². The van der Waals surface area contributed by atoms with Gasteiger partial charge in [0.25, 0.3) is 0 Å². The Morgan fingerprint density at radius 3 is 2.76 bits per heavy atom. The number of hydrogen-bond donors (Lipinski definition) is 2. The van der Waals surface area contributed by atoms with Gasteiger partial charge in [0.05, 0.1) is 24.9 Å². The lowest BCUT2D eigenvalue weighted by molar-refractivity contribution is 0.0175. The van der Waals surface area contributed by atoms with Gasteiger partial charge in [0.1, 0.15) is 4.21 Å². The van der Waals surface area contributed by atoms with E-state index < -0.39 is 22.2 Å². The minimum atomic E-state index is -3.58. The number of likely N-dealkylation sites (N-methyl/N-ethyl adjacent to an activating group) is 1.